The van der Waals surface area contributed by atoms with Crippen LogP contribution in [0, 0.1) is 0 Å². The van der Waals surface area contributed by atoms with Crippen molar-refractivity contribution in [3.8, 4) is 5.75 Å². The molecule has 3 aromatic rings. The Morgan fingerprint density at radius 3 is 2.43 bits per heavy atom. The molecule has 0 bridgehead atoms. The van der Waals surface area contributed by atoms with Crippen LogP contribution in [0.1, 0.15) is 35.7 Å². The van der Waals surface area contributed by atoms with Crippen LogP contribution in [0.25, 0.3) is 10.8 Å². The minimum atomic E-state index is -5.45. The van der Waals surface area contributed by atoms with Crippen LogP contribution in [0.2, 0.25) is 0 Å². The first-order valence-electron chi connectivity index (χ1n) is 10.7. The molecule has 9 nitrogen and oxygen atoms in total. The van der Waals surface area contributed by atoms with Gasteiger partial charge < -0.3 is 15.2 Å². The van der Waals surface area contributed by atoms with Crippen molar-refractivity contribution in [1.29, 1.82) is 0 Å². The van der Waals surface area contributed by atoms with Gasteiger partial charge in [-0.1, -0.05) is 12.1 Å². The summed E-state index contributed by atoms with van der Waals surface area (Å²) in [5.41, 5.74) is -0.432. The Balaban J connectivity index is 1.77. The van der Waals surface area contributed by atoms with Crippen molar-refractivity contribution in [3.63, 3.8) is 0 Å². The van der Waals surface area contributed by atoms with Gasteiger partial charge in [-0.3, -0.25) is 19.1 Å². The van der Waals surface area contributed by atoms with Gasteiger partial charge in [0.15, 0.2) is 5.92 Å². The standard InChI is InChI=1S/C24H19F3N2O7S/c1-11(2)36-23(33)20(21(31)24(25,26)27)15-10-12(6-8-17(15)30)29-37(34,35)18-9-7-16-19-13(18)4-3-5-14(19)22(32)28-16/h3-11,20,29-30H,1-2H3,(H,28,32)/t20-/m0/s1. The molecule has 1 amide bonds. The Labute approximate surface area is 208 Å². The highest BCUT2D eigenvalue weighted by Gasteiger charge is 2.49. The van der Waals surface area contributed by atoms with Crippen LogP contribution < -0.4 is 10.0 Å². The molecule has 0 radical (unpaired) electrons. The van der Waals surface area contributed by atoms with Crippen LogP contribution in [0.4, 0.5) is 24.5 Å². The number of alkyl halides is 3. The summed E-state index contributed by atoms with van der Waals surface area (Å²) in [4.78, 5) is 36.4. The molecule has 13 heteroatoms. The Hall–Kier alpha value is -4.13. The summed E-state index contributed by atoms with van der Waals surface area (Å²) in [6, 6.07) is 9.80. The van der Waals surface area contributed by atoms with E-state index in [1.807, 2.05) is 0 Å². The van der Waals surface area contributed by atoms with E-state index >= 15 is 0 Å². The van der Waals surface area contributed by atoms with E-state index in [-0.39, 0.29) is 21.5 Å². The van der Waals surface area contributed by atoms with Gasteiger partial charge in [0.2, 0.25) is 0 Å². The number of esters is 1. The lowest BCUT2D eigenvalue weighted by Gasteiger charge is -2.20. The number of amides is 1. The second-order valence-corrected chi connectivity index (χ2v) is 10.1. The number of sulfonamides is 1. The minimum Gasteiger partial charge on any atom is -0.508 e. The lowest BCUT2D eigenvalue weighted by atomic mass is 9.93. The van der Waals surface area contributed by atoms with Crippen molar-refractivity contribution in [2.45, 2.75) is 36.9 Å². The molecule has 0 saturated carbocycles. The molecule has 0 fully saturated rings. The van der Waals surface area contributed by atoms with Crippen molar-refractivity contribution in [2.75, 3.05) is 10.0 Å². The molecule has 3 aromatic carbocycles. The second kappa shape index (κ2) is 9.07. The number of hydrogen-bond acceptors (Lipinski definition) is 7. The molecule has 1 aliphatic heterocycles. The predicted octanol–water partition coefficient (Wildman–Crippen LogP) is 4.08. The van der Waals surface area contributed by atoms with Crippen molar-refractivity contribution in [1.82, 2.24) is 0 Å². The number of carbonyl (C=O) groups excluding carboxylic acids is 3. The molecule has 3 N–H and O–H groups in total. The van der Waals surface area contributed by atoms with Crippen LogP contribution >= 0.6 is 0 Å². The lowest BCUT2D eigenvalue weighted by molar-refractivity contribution is -0.178. The van der Waals surface area contributed by atoms with E-state index < -0.39 is 57.2 Å². The lowest BCUT2D eigenvalue weighted by Crippen LogP contribution is -2.35. The maximum absolute atomic E-state index is 13.3. The van der Waals surface area contributed by atoms with Gasteiger partial charge in [0.1, 0.15) is 5.75 Å². The Morgan fingerprint density at radius 1 is 1.08 bits per heavy atom. The first-order chi connectivity index (χ1) is 17.2. The highest BCUT2D eigenvalue weighted by molar-refractivity contribution is 7.93. The molecular weight excluding hydrogens is 517 g/mol. The van der Waals surface area contributed by atoms with Gasteiger partial charge in [-0.15, -0.1) is 0 Å². The van der Waals surface area contributed by atoms with Gasteiger partial charge in [-0.25, -0.2) is 8.42 Å². The van der Waals surface area contributed by atoms with E-state index in [9.17, 15) is 41.1 Å². The maximum Gasteiger partial charge on any atom is 0.451 e. The minimum absolute atomic E-state index is 0.213. The van der Waals surface area contributed by atoms with Crippen LogP contribution in [-0.4, -0.2) is 43.5 Å². The number of nitrogens with one attached hydrogen (secondary N) is 2. The second-order valence-electron chi connectivity index (χ2n) is 8.45. The van der Waals surface area contributed by atoms with Gasteiger partial charge in [-0.05, 0) is 50.2 Å². The molecule has 1 heterocycles. The number of aromatic hydroxyl groups is 1. The fourth-order valence-electron chi connectivity index (χ4n) is 4.00. The number of anilines is 2. The number of rotatable bonds is 7. The van der Waals surface area contributed by atoms with Crippen molar-refractivity contribution in [2.24, 2.45) is 0 Å². The van der Waals surface area contributed by atoms with E-state index in [2.05, 4.69) is 10.0 Å². The molecule has 0 aromatic heterocycles. The molecule has 0 aliphatic carbocycles. The van der Waals surface area contributed by atoms with Crippen LogP contribution in [0.5, 0.6) is 5.75 Å². The summed E-state index contributed by atoms with van der Waals surface area (Å²) in [5.74, 6) is -7.88. The number of ether oxygens (including phenoxy) is 1. The average molecular weight is 536 g/mol. The Bertz CT molecular complexity index is 1570. The summed E-state index contributed by atoms with van der Waals surface area (Å²) >= 11 is 0. The zero-order valence-electron chi connectivity index (χ0n) is 19.2. The fraction of sp³-hybridized carbons (Fsp3) is 0.208. The maximum atomic E-state index is 13.3. The first kappa shape index (κ1) is 25.9. The smallest absolute Gasteiger partial charge is 0.451 e. The van der Waals surface area contributed by atoms with Gasteiger partial charge in [0.25, 0.3) is 21.7 Å². The van der Waals surface area contributed by atoms with Crippen LogP contribution in [-0.2, 0) is 24.3 Å². The molecule has 37 heavy (non-hydrogen) atoms. The third-order valence-electron chi connectivity index (χ3n) is 5.50. The third-order valence-corrected chi connectivity index (χ3v) is 6.94. The molecule has 0 unspecified atom stereocenters. The van der Waals surface area contributed by atoms with E-state index in [4.69, 9.17) is 4.74 Å². The normalized spacial score (nSPS) is 13.9. The summed E-state index contributed by atoms with van der Waals surface area (Å²) in [5, 5.41) is 13.4. The number of Topliss-reactive ketones (excluding diaryl/α,β-unsaturated/α-hetero) is 1. The van der Waals surface area contributed by atoms with Gasteiger partial charge in [0, 0.05) is 33.3 Å². The summed E-state index contributed by atoms with van der Waals surface area (Å²) in [6.45, 7) is 2.72. The number of hydrogen-bond donors (Lipinski definition) is 3. The van der Waals surface area contributed by atoms with Crippen molar-refractivity contribution in [3.05, 3.63) is 59.7 Å². The number of benzene rings is 3. The molecule has 0 saturated heterocycles. The van der Waals surface area contributed by atoms with E-state index in [0.29, 0.717) is 11.1 Å². The van der Waals surface area contributed by atoms with Gasteiger partial charge >= 0.3 is 12.1 Å². The molecule has 1 atom stereocenters. The highest BCUT2D eigenvalue weighted by atomic mass is 32.2. The topological polar surface area (TPSA) is 139 Å². The van der Waals surface area contributed by atoms with E-state index in [1.165, 1.54) is 44.2 Å². The number of phenolic OH excluding ortho intramolecular Hbond substituents is 1. The average Bonchev–Trinajstić information content (AvgIpc) is 3.12. The number of ketones is 1. The van der Waals surface area contributed by atoms with E-state index in [1.54, 1.807) is 0 Å². The molecular formula is C24H19F3N2O7S. The highest BCUT2D eigenvalue weighted by Crippen LogP contribution is 2.38. The molecule has 1 aliphatic rings. The molecule has 194 valence electrons. The largest absolute Gasteiger partial charge is 0.508 e. The number of halogens is 3. The molecule has 0 spiro atoms. The Morgan fingerprint density at radius 2 is 1.78 bits per heavy atom. The third kappa shape index (κ3) is 4.81. The number of carbonyl (C=O) groups is 3. The first-order valence-corrected chi connectivity index (χ1v) is 12.2. The van der Waals surface area contributed by atoms with Gasteiger partial charge in [0.05, 0.1) is 11.0 Å². The van der Waals surface area contributed by atoms with Crippen molar-refractivity contribution < 1.29 is 45.8 Å². The summed E-state index contributed by atoms with van der Waals surface area (Å²) < 4.78 is 73.3. The Kier molecular flexibility index (Phi) is 6.36. The SMILES string of the molecule is CC(C)OC(=O)[C@H](C(=O)C(F)(F)F)c1cc(NS(=O)(=O)c2ccc3c4c(cccc24)C(=O)N3)ccc1O. The van der Waals surface area contributed by atoms with E-state index in [0.717, 1.165) is 18.2 Å². The van der Waals surface area contributed by atoms with Crippen LogP contribution in [0.3, 0.4) is 0 Å². The van der Waals surface area contributed by atoms with Gasteiger partial charge in [-0.2, -0.15) is 13.2 Å². The summed E-state index contributed by atoms with van der Waals surface area (Å²) in [6.07, 6.45) is -6.32. The zero-order valence-corrected chi connectivity index (χ0v) is 20.0. The zero-order chi connectivity index (χ0) is 27.3. The summed E-state index contributed by atoms with van der Waals surface area (Å²) in [7, 11) is -4.40. The van der Waals surface area contributed by atoms with Crippen LogP contribution in [0.15, 0.2) is 53.4 Å². The monoisotopic (exact) mass is 536 g/mol. The molecule has 4 rings (SSSR count). The predicted molar refractivity (Wildman–Crippen MR) is 126 cm³/mol. The fourth-order valence-corrected chi connectivity index (χ4v) is 5.25. The van der Waals surface area contributed by atoms with Crippen molar-refractivity contribution >= 4 is 49.8 Å². The number of phenols is 1. The quantitative estimate of drug-likeness (QED) is 0.235.